The van der Waals surface area contributed by atoms with Gasteiger partial charge in [-0.05, 0) is 31.2 Å². The second-order valence-electron chi connectivity index (χ2n) is 3.87. The molecular weight excluding hydrogens is 261 g/mol. The molecule has 1 heterocycles. The molecule has 0 saturated heterocycles. The second kappa shape index (κ2) is 4.75. The van der Waals surface area contributed by atoms with Crippen molar-refractivity contribution in [3.05, 3.63) is 47.3 Å². The Kier molecular flexibility index (Phi) is 3.28. The Morgan fingerprint density at radius 1 is 1.26 bits per heavy atom. The number of aromatic nitrogens is 1. The Labute approximate surface area is 106 Å². The molecule has 4 nitrogen and oxygen atoms in total. The minimum Gasteiger partial charge on any atom is -0.351 e. The third-order valence-corrected chi connectivity index (χ3v) is 2.42. The SMILES string of the molecule is Cc1cnoc1C(=O)Nc1ccc(C(F)(F)F)cc1. The van der Waals surface area contributed by atoms with Gasteiger partial charge in [0.25, 0.3) is 5.91 Å². The van der Waals surface area contributed by atoms with Gasteiger partial charge in [0.1, 0.15) is 0 Å². The topological polar surface area (TPSA) is 55.1 Å². The van der Waals surface area contributed by atoms with Gasteiger partial charge in [0.05, 0.1) is 11.8 Å². The van der Waals surface area contributed by atoms with E-state index in [1.807, 2.05) is 0 Å². The number of nitrogens with zero attached hydrogens (tertiary/aromatic N) is 1. The van der Waals surface area contributed by atoms with Gasteiger partial charge < -0.3 is 9.84 Å². The lowest BCUT2D eigenvalue weighted by Gasteiger charge is -2.08. The highest BCUT2D eigenvalue weighted by Crippen LogP contribution is 2.29. The Morgan fingerprint density at radius 3 is 2.37 bits per heavy atom. The highest BCUT2D eigenvalue weighted by Gasteiger charge is 2.30. The standard InChI is InChI=1S/C12H9F3N2O2/c1-7-6-16-19-10(7)11(18)17-9-4-2-8(3-5-9)12(13,14)15/h2-6H,1H3,(H,17,18). The van der Waals surface area contributed by atoms with Crippen LogP contribution in [0, 0.1) is 6.92 Å². The van der Waals surface area contributed by atoms with E-state index in [4.69, 9.17) is 4.52 Å². The molecule has 100 valence electrons. The average molecular weight is 270 g/mol. The van der Waals surface area contributed by atoms with E-state index >= 15 is 0 Å². The smallest absolute Gasteiger partial charge is 0.351 e. The number of rotatable bonds is 2. The van der Waals surface area contributed by atoms with Gasteiger partial charge in [-0.15, -0.1) is 0 Å². The minimum atomic E-state index is -4.40. The molecule has 0 spiro atoms. The molecule has 0 aliphatic rings. The van der Waals surface area contributed by atoms with Crippen LogP contribution in [-0.4, -0.2) is 11.1 Å². The lowest BCUT2D eigenvalue weighted by Crippen LogP contribution is -2.12. The first-order valence-corrected chi connectivity index (χ1v) is 5.28. The number of alkyl halides is 3. The fourth-order valence-corrected chi connectivity index (χ4v) is 1.44. The molecule has 7 heteroatoms. The second-order valence-corrected chi connectivity index (χ2v) is 3.87. The van der Waals surface area contributed by atoms with Crippen molar-refractivity contribution < 1.29 is 22.5 Å². The molecule has 0 bridgehead atoms. The predicted molar refractivity (Wildman–Crippen MR) is 60.6 cm³/mol. The van der Waals surface area contributed by atoms with E-state index in [0.29, 0.717) is 5.56 Å². The van der Waals surface area contributed by atoms with Gasteiger partial charge in [-0.1, -0.05) is 5.16 Å². The number of hydrogen-bond acceptors (Lipinski definition) is 3. The highest BCUT2D eigenvalue weighted by atomic mass is 19.4. The zero-order chi connectivity index (χ0) is 14.0. The van der Waals surface area contributed by atoms with E-state index in [1.165, 1.54) is 18.3 Å². The summed E-state index contributed by atoms with van der Waals surface area (Å²) < 4.78 is 41.8. The number of amides is 1. The van der Waals surface area contributed by atoms with Gasteiger partial charge >= 0.3 is 6.18 Å². The summed E-state index contributed by atoms with van der Waals surface area (Å²) in [5.41, 5.74) is 0.0135. The van der Waals surface area contributed by atoms with Gasteiger partial charge in [0.15, 0.2) is 0 Å². The van der Waals surface area contributed by atoms with E-state index in [-0.39, 0.29) is 11.4 Å². The number of carbonyl (C=O) groups excluding carboxylic acids is 1. The molecule has 0 aliphatic heterocycles. The third-order valence-electron chi connectivity index (χ3n) is 2.42. The summed E-state index contributed by atoms with van der Waals surface area (Å²) >= 11 is 0. The summed E-state index contributed by atoms with van der Waals surface area (Å²) in [6.07, 6.45) is -3.02. The summed E-state index contributed by atoms with van der Waals surface area (Å²) in [6.45, 7) is 1.64. The van der Waals surface area contributed by atoms with E-state index in [2.05, 4.69) is 10.5 Å². The molecule has 0 fully saturated rings. The Morgan fingerprint density at radius 2 is 1.89 bits per heavy atom. The lowest BCUT2D eigenvalue weighted by atomic mass is 10.2. The van der Waals surface area contributed by atoms with Crippen LogP contribution in [0.3, 0.4) is 0 Å². The molecule has 1 aromatic heterocycles. The number of benzene rings is 1. The van der Waals surface area contributed by atoms with Gasteiger partial charge in [-0.25, -0.2) is 0 Å². The number of carbonyl (C=O) groups is 1. The zero-order valence-corrected chi connectivity index (χ0v) is 9.78. The molecule has 0 atom stereocenters. The van der Waals surface area contributed by atoms with Crippen LogP contribution in [0.4, 0.5) is 18.9 Å². The number of nitrogens with one attached hydrogen (secondary N) is 1. The first-order chi connectivity index (χ1) is 8.88. The predicted octanol–water partition coefficient (Wildman–Crippen LogP) is 3.25. The van der Waals surface area contributed by atoms with Crippen molar-refractivity contribution in [3.8, 4) is 0 Å². The van der Waals surface area contributed by atoms with Crippen molar-refractivity contribution >= 4 is 11.6 Å². The van der Waals surface area contributed by atoms with Crippen LogP contribution in [0.1, 0.15) is 21.7 Å². The maximum Gasteiger partial charge on any atom is 0.416 e. The fourth-order valence-electron chi connectivity index (χ4n) is 1.44. The third kappa shape index (κ3) is 2.93. The fraction of sp³-hybridized carbons (Fsp3) is 0.167. The van der Waals surface area contributed by atoms with Gasteiger partial charge in [0.2, 0.25) is 5.76 Å². The maximum absolute atomic E-state index is 12.3. The van der Waals surface area contributed by atoms with Gasteiger partial charge in [0, 0.05) is 11.3 Å². The molecule has 0 aliphatic carbocycles. The molecule has 0 radical (unpaired) electrons. The van der Waals surface area contributed by atoms with Crippen LogP contribution >= 0.6 is 0 Å². The van der Waals surface area contributed by atoms with E-state index in [9.17, 15) is 18.0 Å². The van der Waals surface area contributed by atoms with Crippen LogP contribution < -0.4 is 5.32 Å². The molecular formula is C12H9F3N2O2. The van der Waals surface area contributed by atoms with Crippen molar-refractivity contribution in [2.24, 2.45) is 0 Å². The maximum atomic E-state index is 12.3. The summed E-state index contributed by atoms with van der Waals surface area (Å²) in [7, 11) is 0. The van der Waals surface area contributed by atoms with Crippen molar-refractivity contribution in [1.82, 2.24) is 5.16 Å². The highest BCUT2D eigenvalue weighted by molar-refractivity contribution is 6.03. The van der Waals surface area contributed by atoms with Crippen molar-refractivity contribution in [2.45, 2.75) is 13.1 Å². The summed E-state index contributed by atoms with van der Waals surface area (Å²) in [4.78, 5) is 11.7. The number of aryl methyl sites for hydroxylation is 1. The van der Waals surface area contributed by atoms with E-state index in [0.717, 1.165) is 12.1 Å². The molecule has 19 heavy (non-hydrogen) atoms. The normalized spacial score (nSPS) is 11.4. The van der Waals surface area contributed by atoms with Crippen LogP contribution in [-0.2, 0) is 6.18 Å². The van der Waals surface area contributed by atoms with Crippen molar-refractivity contribution in [3.63, 3.8) is 0 Å². The molecule has 1 N–H and O–H groups in total. The summed E-state index contributed by atoms with van der Waals surface area (Å²) in [6, 6.07) is 4.13. The van der Waals surface area contributed by atoms with Crippen LogP contribution in [0.15, 0.2) is 35.0 Å². The molecule has 1 aromatic carbocycles. The largest absolute Gasteiger partial charge is 0.416 e. The van der Waals surface area contributed by atoms with Crippen molar-refractivity contribution in [2.75, 3.05) is 5.32 Å². The molecule has 2 rings (SSSR count). The number of anilines is 1. The number of hydrogen-bond donors (Lipinski definition) is 1. The monoisotopic (exact) mass is 270 g/mol. The van der Waals surface area contributed by atoms with Crippen LogP contribution in [0.2, 0.25) is 0 Å². The van der Waals surface area contributed by atoms with Gasteiger partial charge in [-0.2, -0.15) is 13.2 Å². The molecule has 1 amide bonds. The molecule has 0 unspecified atom stereocenters. The van der Waals surface area contributed by atoms with Crippen LogP contribution in [0.5, 0.6) is 0 Å². The molecule has 0 saturated carbocycles. The Balaban J connectivity index is 2.12. The van der Waals surface area contributed by atoms with Gasteiger partial charge in [-0.3, -0.25) is 4.79 Å². The van der Waals surface area contributed by atoms with Crippen molar-refractivity contribution in [1.29, 1.82) is 0 Å². The Bertz CT molecular complexity index is 588. The minimum absolute atomic E-state index is 0.0277. The zero-order valence-electron chi connectivity index (χ0n) is 9.78. The Hall–Kier alpha value is -2.31. The lowest BCUT2D eigenvalue weighted by molar-refractivity contribution is -0.137. The summed E-state index contributed by atoms with van der Waals surface area (Å²) in [5.74, 6) is -0.533. The first kappa shape index (κ1) is 13.1. The van der Waals surface area contributed by atoms with E-state index < -0.39 is 17.6 Å². The summed E-state index contributed by atoms with van der Waals surface area (Å²) in [5, 5.41) is 5.87. The molecule has 2 aromatic rings. The van der Waals surface area contributed by atoms with E-state index in [1.54, 1.807) is 6.92 Å². The van der Waals surface area contributed by atoms with Crippen LogP contribution in [0.25, 0.3) is 0 Å². The first-order valence-electron chi connectivity index (χ1n) is 5.28. The quantitative estimate of drug-likeness (QED) is 0.911. The number of halogens is 3. The average Bonchev–Trinajstić information content (AvgIpc) is 2.75.